The number of hydrogen-bond acceptors (Lipinski definition) is 4. The second kappa shape index (κ2) is 9.53. The van der Waals surface area contributed by atoms with Gasteiger partial charge in [0.1, 0.15) is 5.69 Å². The van der Waals surface area contributed by atoms with Gasteiger partial charge in [0.05, 0.1) is 5.01 Å². The molecule has 1 aliphatic carbocycles. The molecule has 1 heterocycles. The van der Waals surface area contributed by atoms with Crippen molar-refractivity contribution in [2.24, 2.45) is 11.7 Å². The lowest BCUT2D eigenvalue weighted by atomic mass is 10.1. The van der Waals surface area contributed by atoms with E-state index in [1.54, 1.807) is 0 Å². The molecular weight excluding hydrogens is 377 g/mol. The Hall–Kier alpha value is -1.14. The predicted octanol–water partition coefficient (Wildman–Crippen LogP) is 3.81. The van der Waals surface area contributed by atoms with Gasteiger partial charge in [0.25, 0.3) is 5.91 Å². The lowest BCUT2D eigenvalue weighted by Gasteiger charge is -2.22. The van der Waals surface area contributed by atoms with Gasteiger partial charge < -0.3 is 10.6 Å². The monoisotopic (exact) mass is 399 g/mol. The van der Waals surface area contributed by atoms with Gasteiger partial charge in [-0.05, 0) is 49.4 Å². The zero-order valence-corrected chi connectivity index (χ0v) is 16.4. The van der Waals surface area contributed by atoms with Crippen molar-refractivity contribution in [1.29, 1.82) is 0 Å². The molecule has 0 saturated heterocycles. The van der Waals surface area contributed by atoms with E-state index in [4.69, 9.17) is 17.3 Å². The van der Waals surface area contributed by atoms with E-state index in [9.17, 15) is 4.79 Å². The molecule has 1 aromatic carbocycles. The summed E-state index contributed by atoms with van der Waals surface area (Å²) in [4.78, 5) is 19.2. The zero-order valence-electron chi connectivity index (χ0n) is 14.0. The number of thiazole rings is 1. The summed E-state index contributed by atoms with van der Waals surface area (Å²) < 4.78 is 0. The van der Waals surface area contributed by atoms with Crippen molar-refractivity contribution < 1.29 is 4.79 Å². The van der Waals surface area contributed by atoms with Crippen LogP contribution in [-0.2, 0) is 12.8 Å². The quantitative estimate of drug-likeness (QED) is 0.733. The molecule has 0 aliphatic heterocycles. The molecule has 1 amide bonds. The molecule has 1 aliphatic rings. The molecule has 25 heavy (non-hydrogen) atoms. The zero-order chi connectivity index (χ0) is 16.9. The number of benzene rings is 1. The van der Waals surface area contributed by atoms with E-state index in [-0.39, 0.29) is 18.3 Å². The first kappa shape index (κ1) is 20.2. The highest BCUT2D eigenvalue weighted by Crippen LogP contribution is 2.30. The smallest absolute Gasteiger partial charge is 0.273 e. The summed E-state index contributed by atoms with van der Waals surface area (Å²) in [5, 5.41) is 3.53. The van der Waals surface area contributed by atoms with Crippen molar-refractivity contribution in [3.63, 3.8) is 0 Å². The van der Waals surface area contributed by atoms with Gasteiger partial charge in [-0.1, -0.05) is 23.7 Å². The fourth-order valence-electron chi connectivity index (χ4n) is 2.61. The summed E-state index contributed by atoms with van der Waals surface area (Å²) in [6.07, 6.45) is 4.00. The highest BCUT2D eigenvalue weighted by atomic mass is 35.5. The summed E-state index contributed by atoms with van der Waals surface area (Å²) in [6, 6.07) is 7.82. The predicted molar refractivity (Wildman–Crippen MR) is 106 cm³/mol. The van der Waals surface area contributed by atoms with Crippen molar-refractivity contribution in [2.45, 2.75) is 25.7 Å². The highest BCUT2D eigenvalue weighted by molar-refractivity contribution is 7.09. The first-order chi connectivity index (χ1) is 11.7. The summed E-state index contributed by atoms with van der Waals surface area (Å²) >= 11 is 7.45. The van der Waals surface area contributed by atoms with Crippen LogP contribution in [0.1, 0.15) is 33.9 Å². The third kappa shape index (κ3) is 5.96. The van der Waals surface area contributed by atoms with Gasteiger partial charge in [-0.25, -0.2) is 4.98 Å². The highest BCUT2D eigenvalue weighted by Gasteiger charge is 2.28. The fraction of sp³-hybridized carbons (Fsp3) is 0.444. The minimum Gasteiger partial charge on any atom is -0.337 e. The fourth-order valence-corrected chi connectivity index (χ4v) is 3.53. The van der Waals surface area contributed by atoms with Crippen molar-refractivity contribution in [2.75, 3.05) is 19.6 Å². The summed E-state index contributed by atoms with van der Waals surface area (Å²) in [5.41, 5.74) is 7.31. The molecule has 0 unspecified atom stereocenters. The number of carbonyl (C=O) groups is 1. The first-order valence-electron chi connectivity index (χ1n) is 8.34. The number of hydrogen-bond donors (Lipinski definition) is 1. The number of halogens is 2. The van der Waals surface area contributed by atoms with Crippen molar-refractivity contribution >= 4 is 41.3 Å². The first-order valence-corrected chi connectivity index (χ1v) is 9.59. The van der Waals surface area contributed by atoms with Gasteiger partial charge in [-0.15, -0.1) is 23.7 Å². The summed E-state index contributed by atoms with van der Waals surface area (Å²) in [7, 11) is 0. The maximum absolute atomic E-state index is 12.8. The van der Waals surface area contributed by atoms with E-state index >= 15 is 0 Å². The van der Waals surface area contributed by atoms with Gasteiger partial charge in [-0.2, -0.15) is 0 Å². The lowest BCUT2D eigenvalue weighted by Crippen LogP contribution is -2.35. The number of rotatable bonds is 8. The Morgan fingerprint density at radius 1 is 1.28 bits per heavy atom. The minimum absolute atomic E-state index is 0. The molecule has 136 valence electrons. The maximum atomic E-state index is 12.8. The summed E-state index contributed by atoms with van der Waals surface area (Å²) in [5.74, 6) is 0.691. The summed E-state index contributed by atoms with van der Waals surface area (Å²) in [6.45, 7) is 2.10. The molecule has 2 aromatic rings. The van der Waals surface area contributed by atoms with E-state index in [1.807, 2.05) is 34.5 Å². The molecule has 1 aromatic heterocycles. The Morgan fingerprint density at radius 2 is 2.00 bits per heavy atom. The Kier molecular flexibility index (Phi) is 7.69. The third-order valence-corrected chi connectivity index (χ3v) is 5.34. The molecule has 4 nitrogen and oxygen atoms in total. The molecule has 7 heteroatoms. The van der Waals surface area contributed by atoms with Crippen molar-refractivity contribution in [3.05, 3.63) is 50.9 Å². The average molecular weight is 400 g/mol. The van der Waals surface area contributed by atoms with E-state index in [1.165, 1.54) is 29.7 Å². The van der Waals surface area contributed by atoms with E-state index < -0.39 is 0 Å². The molecule has 1 fully saturated rings. The normalized spacial score (nSPS) is 13.4. The average Bonchev–Trinajstić information content (AvgIpc) is 3.28. The van der Waals surface area contributed by atoms with Crippen LogP contribution in [0.3, 0.4) is 0 Å². The minimum atomic E-state index is 0. The van der Waals surface area contributed by atoms with Gasteiger partial charge in [0, 0.05) is 29.9 Å². The number of aromatic nitrogens is 1. The molecule has 2 N–H and O–H groups in total. The van der Waals surface area contributed by atoms with Crippen LogP contribution >= 0.6 is 35.3 Å². The SMILES string of the molecule is Cl.NCCc1nc(C(=O)N(CCc2ccc(Cl)cc2)CC2CC2)cs1. The van der Waals surface area contributed by atoms with Crippen LogP contribution in [0.15, 0.2) is 29.6 Å². The van der Waals surface area contributed by atoms with Gasteiger partial charge in [-0.3, -0.25) is 4.79 Å². The van der Waals surface area contributed by atoms with Crippen molar-refractivity contribution in [1.82, 2.24) is 9.88 Å². The van der Waals surface area contributed by atoms with Crippen LogP contribution in [0.25, 0.3) is 0 Å². The van der Waals surface area contributed by atoms with Crippen molar-refractivity contribution in [3.8, 4) is 0 Å². The number of nitrogens with zero attached hydrogens (tertiary/aromatic N) is 2. The Bertz CT molecular complexity index is 686. The maximum Gasteiger partial charge on any atom is 0.273 e. The molecule has 3 rings (SSSR count). The molecule has 0 spiro atoms. The van der Waals surface area contributed by atoms with Crippen LogP contribution in [0.2, 0.25) is 5.02 Å². The molecule has 0 bridgehead atoms. The van der Waals surface area contributed by atoms with E-state index in [2.05, 4.69) is 4.98 Å². The number of carbonyl (C=O) groups excluding carboxylic acids is 1. The number of amides is 1. The second-order valence-electron chi connectivity index (χ2n) is 6.24. The van der Waals surface area contributed by atoms with Gasteiger partial charge in [0.2, 0.25) is 0 Å². The van der Waals surface area contributed by atoms with Crippen LogP contribution < -0.4 is 5.73 Å². The molecule has 0 radical (unpaired) electrons. The second-order valence-corrected chi connectivity index (χ2v) is 7.62. The van der Waals surface area contributed by atoms with Crippen LogP contribution in [0.4, 0.5) is 0 Å². The lowest BCUT2D eigenvalue weighted by molar-refractivity contribution is 0.0744. The Labute approximate surface area is 163 Å². The van der Waals surface area contributed by atoms with Crippen LogP contribution in [-0.4, -0.2) is 35.4 Å². The van der Waals surface area contributed by atoms with Crippen LogP contribution in [0.5, 0.6) is 0 Å². The van der Waals surface area contributed by atoms with Crippen LogP contribution in [0, 0.1) is 5.92 Å². The Balaban J connectivity index is 0.00000225. The third-order valence-electron chi connectivity index (χ3n) is 4.18. The topological polar surface area (TPSA) is 59.2 Å². The molecule has 1 saturated carbocycles. The largest absolute Gasteiger partial charge is 0.337 e. The molecular formula is C18H23Cl2N3OS. The van der Waals surface area contributed by atoms with E-state index in [0.717, 1.165) is 29.4 Å². The number of nitrogens with two attached hydrogens (primary N) is 1. The standard InChI is InChI=1S/C18H22ClN3OS.ClH/c19-15-5-3-13(4-6-15)8-10-22(11-14-1-2-14)18(23)16-12-24-17(21-16)7-9-20;/h3-6,12,14H,1-2,7-11,20H2;1H. The molecule has 0 atom stereocenters. The Morgan fingerprint density at radius 3 is 2.64 bits per heavy atom. The van der Waals surface area contributed by atoms with Gasteiger partial charge in [0.15, 0.2) is 0 Å². The van der Waals surface area contributed by atoms with Gasteiger partial charge >= 0.3 is 0 Å². The van der Waals surface area contributed by atoms with E-state index in [0.29, 0.717) is 24.7 Å².